The lowest BCUT2D eigenvalue weighted by Crippen LogP contribution is -2.32. The summed E-state index contributed by atoms with van der Waals surface area (Å²) in [7, 11) is 0. The summed E-state index contributed by atoms with van der Waals surface area (Å²) < 4.78 is 0. The number of hydrogen-bond acceptors (Lipinski definition) is 2. The van der Waals surface area contributed by atoms with Crippen LogP contribution in [0.3, 0.4) is 0 Å². The minimum Gasteiger partial charge on any atom is -0.390 e. The van der Waals surface area contributed by atoms with E-state index in [-0.39, 0.29) is 0 Å². The number of rotatable bonds is 7. The molecule has 0 rings (SSSR count). The van der Waals surface area contributed by atoms with Crippen molar-refractivity contribution >= 4 is 0 Å². The smallest absolute Gasteiger partial charge is 0.0653 e. The van der Waals surface area contributed by atoms with Gasteiger partial charge >= 0.3 is 0 Å². The highest BCUT2D eigenvalue weighted by molar-refractivity contribution is 4.82. The summed E-state index contributed by atoms with van der Waals surface area (Å²) in [5, 5.41) is 19.0. The summed E-state index contributed by atoms with van der Waals surface area (Å²) >= 11 is 0. The molecule has 0 bridgehead atoms. The van der Waals surface area contributed by atoms with E-state index in [2.05, 4.69) is 33.8 Å². The molecule has 0 amide bonds. The van der Waals surface area contributed by atoms with Gasteiger partial charge in [-0.1, -0.05) is 27.7 Å². The van der Waals surface area contributed by atoms with Gasteiger partial charge in [0.15, 0.2) is 0 Å². The van der Waals surface area contributed by atoms with Crippen molar-refractivity contribution in [2.75, 3.05) is 0 Å². The summed E-state index contributed by atoms with van der Waals surface area (Å²) in [6.45, 7) is 8.54. The van der Waals surface area contributed by atoms with E-state index in [1.165, 1.54) is 0 Å². The molecule has 2 heteroatoms. The molecule has 0 fully saturated rings. The van der Waals surface area contributed by atoms with Gasteiger partial charge in [-0.05, 0) is 37.5 Å². The third-order valence-electron chi connectivity index (χ3n) is 2.51. The summed E-state index contributed by atoms with van der Waals surface area (Å²) in [5.41, 5.74) is -0.556. The number of nitrogens with zero attached hydrogens (tertiary/aromatic N) is 1. The second-order valence-corrected chi connectivity index (χ2v) is 5.43. The van der Waals surface area contributed by atoms with E-state index in [0.29, 0.717) is 18.3 Å². The van der Waals surface area contributed by atoms with Crippen molar-refractivity contribution in [2.24, 2.45) is 11.8 Å². The molecule has 0 aromatic heterocycles. The number of aliphatic hydroxyl groups is 1. The molecule has 0 aromatic carbocycles. The molecule has 0 saturated heterocycles. The highest BCUT2D eigenvalue weighted by atomic mass is 16.3. The van der Waals surface area contributed by atoms with Crippen LogP contribution in [0.4, 0.5) is 0 Å². The van der Waals surface area contributed by atoms with Gasteiger partial charge in [-0.25, -0.2) is 0 Å². The molecule has 0 aromatic rings. The van der Waals surface area contributed by atoms with E-state index in [0.717, 1.165) is 25.7 Å². The van der Waals surface area contributed by atoms with Gasteiger partial charge in [0.2, 0.25) is 0 Å². The standard InChI is InChI=1S/C13H25NO/c1-11(2)9-13(15,10-12(3)4)7-5-6-8-14/h11-12,15H,5-7,9-10H2,1-4H3. The van der Waals surface area contributed by atoms with E-state index in [1.807, 2.05) is 0 Å². The van der Waals surface area contributed by atoms with E-state index in [4.69, 9.17) is 5.26 Å². The average molecular weight is 211 g/mol. The molecule has 0 unspecified atom stereocenters. The molecule has 0 saturated carbocycles. The van der Waals surface area contributed by atoms with Gasteiger partial charge in [-0.2, -0.15) is 5.26 Å². The molecule has 0 aliphatic carbocycles. The molecule has 0 radical (unpaired) electrons. The van der Waals surface area contributed by atoms with Crippen LogP contribution in [0.2, 0.25) is 0 Å². The molecular weight excluding hydrogens is 186 g/mol. The van der Waals surface area contributed by atoms with E-state index < -0.39 is 5.60 Å². The maximum absolute atomic E-state index is 10.5. The van der Waals surface area contributed by atoms with Gasteiger partial charge in [0.25, 0.3) is 0 Å². The van der Waals surface area contributed by atoms with Crippen LogP contribution in [0.1, 0.15) is 59.8 Å². The van der Waals surface area contributed by atoms with Crippen LogP contribution in [-0.2, 0) is 0 Å². The lowest BCUT2D eigenvalue weighted by atomic mass is 9.81. The molecule has 0 spiro atoms. The van der Waals surface area contributed by atoms with Gasteiger partial charge in [-0.15, -0.1) is 0 Å². The normalized spacial score (nSPS) is 12.1. The minimum absolute atomic E-state index is 0.510. The van der Waals surface area contributed by atoms with Gasteiger partial charge in [-0.3, -0.25) is 0 Å². The molecular formula is C13H25NO. The lowest BCUT2D eigenvalue weighted by Gasteiger charge is -2.31. The van der Waals surface area contributed by atoms with Crippen molar-refractivity contribution in [3.8, 4) is 6.07 Å². The largest absolute Gasteiger partial charge is 0.390 e. The second kappa shape index (κ2) is 6.85. The number of nitriles is 1. The first-order valence-electron chi connectivity index (χ1n) is 5.99. The second-order valence-electron chi connectivity index (χ2n) is 5.43. The fourth-order valence-corrected chi connectivity index (χ4v) is 2.30. The molecule has 0 aliphatic heterocycles. The van der Waals surface area contributed by atoms with E-state index >= 15 is 0 Å². The molecule has 0 atom stereocenters. The summed E-state index contributed by atoms with van der Waals surface area (Å²) in [6, 6.07) is 2.14. The Balaban J connectivity index is 4.21. The number of unbranched alkanes of at least 4 members (excludes halogenated alkanes) is 1. The van der Waals surface area contributed by atoms with Crippen molar-refractivity contribution in [1.82, 2.24) is 0 Å². The molecule has 15 heavy (non-hydrogen) atoms. The first-order chi connectivity index (χ1) is 6.89. The highest BCUT2D eigenvalue weighted by Crippen LogP contribution is 2.29. The predicted molar refractivity (Wildman–Crippen MR) is 63.3 cm³/mol. The van der Waals surface area contributed by atoms with Crippen LogP contribution < -0.4 is 0 Å². The first-order valence-corrected chi connectivity index (χ1v) is 5.99. The summed E-state index contributed by atoms with van der Waals surface area (Å²) in [5.74, 6) is 1.02. The Morgan fingerprint density at radius 1 is 1.13 bits per heavy atom. The summed E-state index contributed by atoms with van der Waals surface area (Å²) in [4.78, 5) is 0. The van der Waals surface area contributed by atoms with Crippen LogP contribution in [0, 0.1) is 23.2 Å². The van der Waals surface area contributed by atoms with Crippen molar-refractivity contribution in [3.05, 3.63) is 0 Å². The maximum Gasteiger partial charge on any atom is 0.0653 e. The Hall–Kier alpha value is -0.550. The fourth-order valence-electron chi connectivity index (χ4n) is 2.30. The quantitative estimate of drug-likeness (QED) is 0.655. The highest BCUT2D eigenvalue weighted by Gasteiger charge is 2.28. The summed E-state index contributed by atoms with van der Waals surface area (Å²) in [6.07, 6.45) is 3.81. The van der Waals surface area contributed by atoms with Crippen LogP contribution in [0.5, 0.6) is 0 Å². The number of hydrogen-bond donors (Lipinski definition) is 1. The molecule has 2 nitrogen and oxygen atoms in total. The van der Waals surface area contributed by atoms with Gasteiger partial charge in [0.05, 0.1) is 11.7 Å². The Labute approximate surface area is 94.3 Å². The molecule has 88 valence electrons. The minimum atomic E-state index is -0.556. The van der Waals surface area contributed by atoms with Gasteiger partial charge in [0, 0.05) is 6.42 Å². The Morgan fingerprint density at radius 2 is 1.60 bits per heavy atom. The lowest BCUT2D eigenvalue weighted by molar-refractivity contribution is -0.00865. The maximum atomic E-state index is 10.5. The van der Waals surface area contributed by atoms with E-state index in [9.17, 15) is 5.11 Å². The molecule has 0 aliphatic rings. The van der Waals surface area contributed by atoms with Crippen molar-refractivity contribution in [2.45, 2.75) is 65.4 Å². The average Bonchev–Trinajstić information content (AvgIpc) is 2.00. The molecule has 0 heterocycles. The zero-order valence-electron chi connectivity index (χ0n) is 10.6. The van der Waals surface area contributed by atoms with Crippen molar-refractivity contribution in [1.29, 1.82) is 5.26 Å². The Morgan fingerprint density at radius 3 is 1.93 bits per heavy atom. The zero-order valence-corrected chi connectivity index (χ0v) is 10.6. The first kappa shape index (κ1) is 14.5. The third kappa shape index (κ3) is 7.39. The zero-order chi connectivity index (χ0) is 11.9. The SMILES string of the molecule is CC(C)CC(O)(CCCC#N)CC(C)C. The van der Waals surface area contributed by atoms with Crippen LogP contribution in [-0.4, -0.2) is 10.7 Å². The van der Waals surface area contributed by atoms with E-state index in [1.54, 1.807) is 0 Å². The third-order valence-corrected chi connectivity index (χ3v) is 2.51. The van der Waals surface area contributed by atoms with Crippen molar-refractivity contribution in [3.63, 3.8) is 0 Å². The topological polar surface area (TPSA) is 44.0 Å². The van der Waals surface area contributed by atoms with Gasteiger partial charge in [0.1, 0.15) is 0 Å². The monoisotopic (exact) mass is 211 g/mol. The molecule has 1 N–H and O–H groups in total. The van der Waals surface area contributed by atoms with Crippen LogP contribution in [0.15, 0.2) is 0 Å². The fraction of sp³-hybridized carbons (Fsp3) is 0.923. The van der Waals surface area contributed by atoms with Gasteiger partial charge < -0.3 is 5.11 Å². The van der Waals surface area contributed by atoms with Crippen LogP contribution >= 0.6 is 0 Å². The Kier molecular flexibility index (Phi) is 6.60. The Bertz CT molecular complexity index is 193. The van der Waals surface area contributed by atoms with Crippen molar-refractivity contribution < 1.29 is 5.11 Å². The predicted octanol–water partition coefficient (Wildman–Crippen LogP) is 3.50. The van der Waals surface area contributed by atoms with Crippen LogP contribution in [0.25, 0.3) is 0 Å².